The number of fused-ring (bicyclic) bond motifs is 1. The highest BCUT2D eigenvalue weighted by Gasteiger charge is 2.03. The lowest BCUT2D eigenvalue weighted by atomic mass is 10.1. The first-order valence-electron chi connectivity index (χ1n) is 6.64. The van der Waals surface area contributed by atoms with Crippen LogP contribution in [0.1, 0.15) is 17.0 Å². The molecule has 0 aliphatic carbocycles. The molecule has 0 unspecified atom stereocenters. The molecule has 0 bridgehead atoms. The maximum atomic E-state index is 10.5. The van der Waals surface area contributed by atoms with Crippen LogP contribution in [0.15, 0.2) is 54.6 Å². The Kier molecular flexibility index (Phi) is 3.51. The summed E-state index contributed by atoms with van der Waals surface area (Å²) in [5.74, 6) is -0.0479. The molecule has 0 saturated carbocycles. The van der Waals surface area contributed by atoms with Gasteiger partial charge in [-0.25, -0.2) is 9.78 Å². The Morgan fingerprint density at radius 3 is 2.86 bits per heavy atom. The third-order valence-corrected chi connectivity index (χ3v) is 3.18. The van der Waals surface area contributed by atoms with Crippen LogP contribution in [0.25, 0.3) is 17.1 Å². The van der Waals surface area contributed by atoms with Crippen LogP contribution in [0.5, 0.6) is 0 Å². The van der Waals surface area contributed by atoms with Crippen molar-refractivity contribution >= 4 is 23.1 Å². The van der Waals surface area contributed by atoms with Crippen molar-refractivity contribution in [1.29, 1.82) is 0 Å². The number of nitrogens with one attached hydrogen (secondary N) is 1. The van der Waals surface area contributed by atoms with Crippen LogP contribution in [-0.4, -0.2) is 21.0 Å². The number of carboxylic acids is 1. The number of nitrogens with zero attached hydrogens (tertiary/aromatic N) is 1. The lowest BCUT2D eigenvalue weighted by Gasteiger charge is -2.00. The standard InChI is InChI=1S/C17H14N2O2/c20-17(21)9-8-12-4-3-5-13(10-12)11-16-18-14-6-1-2-7-15(14)19-16/h1-10H,11H2,(H,18,19)(H,20,21)/b9-8+. The monoisotopic (exact) mass is 278 g/mol. The van der Waals surface area contributed by atoms with Gasteiger partial charge in [-0.3, -0.25) is 0 Å². The molecule has 2 N–H and O–H groups in total. The smallest absolute Gasteiger partial charge is 0.328 e. The van der Waals surface area contributed by atoms with Crippen molar-refractivity contribution in [3.05, 3.63) is 71.6 Å². The molecular formula is C17H14N2O2. The van der Waals surface area contributed by atoms with Gasteiger partial charge in [0, 0.05) is 12.5 Å². The second-order valence-electron chi connectivity index (χ2n) is 4.79. The number of imidazole rings is 1. The SMILES string of the molecule is O=C(O)/C=C/c1cccc(Cc2nc3ccccc3[nH]2)c1. The van der Waals surface area contributed by atoms with Crippen LogP contribution in [0.2, 0.25) is 0 Å². The van der Waals surface area contributed by atoms with Crippen molar-refractivity contribution in [2.24, 2.45) is 0 Å². The molecule has 4 heteroatoms. The lowest BCUT2D eigenvalue weighted by molar-refractivity contribution is -0.131. The first kappa shape index (κ1) is 13.1. The third kappa shape index (κ3) is 3.17. The molecule has 0 fully saturated rings. The van der Waals surface area contributed by atoms with E-state index in [2.05, 4.69) is 9.97 Å². The van der Waals surface area contributed by atoms with E-state index >= 15 is 0 Å². The molecule has 3 rings (SSSR count). The van der Waals surface area contributed by atoms with Gasteiger partial charge in [-0.05, 0) is 29.3 Å². The quantitative estimate of drug-likeness (QED) is 0.720. The highest BCUT2D eigenvalue weighted by Crippen LogP contribution is 2.15. The van der Waals surface area contributed by atoms with Gasteiger partial charge in [-0.15, -0.1) is 0 Å². The molecule has 0 atom stereocenters. The summed E-state index contributed by atoms with van der Waals surface area (Å²) in [5.41, 5.74) is 3.93. The summed E-state index contributed by atoms with van der Waals surface area (Å²) < 4.78 is 0. The number of H-pyrrole nitrogens is 1. The average molecular weight is 278 g/mol. The highest BCUT2D eigenvalue weighted by atomic mass is 16.4. The van der Waals surface area contributed by atoms with Gasteiger partial charge < -0.3 is 10.1 Å². The maximum absolute atomic E-state index is 10.5. The number of aromatic amines is 1. The summed E-state index contributed by atoms with van der Waals surface area (Å²) >= 11 is 0. The van der Waals surface area contributed by atoms with Gasteiger partial charge in [0.05, 0.1) is 11.0 Å². The molecule has 0 amide bonds. The molecule has 0 spiro atoms. The summed E-state index contributed by atoms with van der Waals surface area (Å²) in [7, 11) is 0. The Morgan fingerprint density at radius 2 is 2.05 bits per heavy atom. The molecule has 21 heavy (non-hydrogen) atoms. The fourth-order valence-corrected chi connectivity index (χ4v) is 2.26. The van der Waals surface area contributed by atoms with Crippen LogP contribution in [0, 0.1) is 0 Å². The van der Waals surface area contributed by atoms with Gasteiger partial charge in [-0.1, -0.05) is 36.4 Å². The molecule has 4 nitrogen and oxygen atoms in total. The summed E-state index contributed by atoms with van der Waals surface area (Å²) in [4.78, 5) is 18.4. The maximum Gasteiger partial charge on any atom is 0.328 e. The number of rotatable bonds is 4. The topological polar surface area (TPSA) is 66.0 Å². The lowest BCUT2D eigenvalue weighted by Crippen LogP contribution is -1.91. The fourth-order valence-electron chi connectivity index (χ4n) is 2.26. The van der Waals surface area contributed by atoms with Gasteiger partial charge in [-0.2, -0.15) is 0 Å². The van der Waals surface area contributed by atoms with E-state index in [9.17, 15) is 4.79 Å². The zero-order chi connectivity index (χ0) is 14.7. The molecular weight excluding hydrogens is 264 g/mol. The van der Waals surface area contributed by atoms with Crippen molar-refractivity contribution in [1.82, 2.24) is 9.97 Å². The van der Waals surface area contributed by atoms with Gasteiger partial charge in [0.15, 0.2) is 0 Å². The Labute approximate surface area is 121 Å². The van der Waals surface area contributed by atoms with Crippen LogP contribution in [-0.2, 0) is 11.2 Å². The minimum atomic E-state index is -0.947. The van der Waals surface area contributed by atoms with Gasteiger partial charge in [0.1, 0.15) is 5.82 Å². The predicted molar refractivity (Wildman–Crippen MR) is 82.0 cm³/mol. The van der Waals surface area contributed by atoms with E-state index in [-0.39, 0.29) is 0 Å². The minimum Gasteiger partial charge on any atom is -0.478 e. The average Bonchev–Trinajstić information content (AvgIpc) is 2.87. The predicted octanol–water partition coefficient (Wildman–Crippen LogP) is 3.25. The van der Waals surface area contributed by atoms with E-state index in [0.717, 1.165) is 34.1 Å². The molecule has 2 aromatic carbocycles. The third-order valence-electron chi connectivity index (χ3n) is 3.18. The van der Waals surface area contributed by atoms with E-state index in [1.54, 1.807) is 6.08 Å². The summed E-state index contributed by atoms with van der Waals surface area (Å²) in [6, 6.07) is 15.7. The van der Waals surface area contributed by atoms with E-state index in [4.69, 9.17) is 5.11 Å². The molecule has 104 valence electrons. The molecule has 3 aromatic rings. The number of hydrogen-bond donors (Lipinski definition) is 2. The van der Waals surface area contributed by atoms with Crippen LogP contribution < -0.4 is 0 Å². The fraction of sp³-hybridized carbons (Fsp3) is 0.0588. The molecule has 0 aliphatic heterocycles. The molecule has 0 radical (unpaired) electrons. The summed E-state index contributed by atoms with van der Waals surface area (Å²) in [6.45, 7) is 0. The van der Waals surface area contributed by atoms with Crippen LogP contribution >= 0.6 is 0 Å². The van der Waals surface area contributed by atoms with Crippen molar-refractivity contribution in [2.45, 2.75) is 6.42 Å². The normalized spacial score (nSPS) is 11.2. The second-order valence-corrected chi connectivity index (χ2v) is 4.79. The van der Waals surface area contributed by atoms with Crippen molar-refractivity contribution in [2.75, 3.05) is 0 Å². The Bertz CT molecular complexity index is 785. The van der Waals surface area contributed by atoms with E-state index in [1.165, 1.54) is 0 Å². The highest BCUT2D eigenvalue weighted by molar-refractivity contribution is 5.85. The molecule has 0 aliphatic rings. The van der Waals surface area contributed by atoms with E-state index < -0.39 is 5.97 Å². The van der Waals surface area contributed by atoms with Gasteiger partial charge in [0.2, 0.25) is 0 Å². The number of aromatic nitrogens is 2. The van der Waals surface area contributed by atoms with Crippen molar-refractivity contribution in [3.8, 4) is 0 Å². The van der Waals surface area contributed by atoms with Crippen molar-refractivity contribution < 1.29 is 9.90 Å². The van der Waals surface area contributed by atoms with Crippen molar-refractivity contribution in [3.63, 3.8) is 0 Å². The largest absolute Gasteiger partial charge is 0.478 e. The first-order chi connectivity index (χ1) is 10.2. The zero-order valence-corrected chi connectivity index (χ0v) is 11.3. The van der Waals surface area contributed by atoms with Crippen LogP contribution in [0.4, 0.5) is 0 Å². The number of para-hydroxylation sites is 2. The Balaban J connectivity index is 1.84. The second kappa shape index (κ2) is 5.63. The molecule has 0 saturated heterocycles. The Hall–Kier alpha value is -2.88. The number of benzene rings is 2. The number of carboxylic acid groups (broad SMARTS) is 1. The zero-order valence-electron chi connectivity index (χ0n) is 11.3. The summed E-state index contributed by atoms with van der Waals surface area (Å²) in [6.07, 6.45) is 3.41. The minimum absolute atomic E-state index is 0.684. The van der Waals surface area contributed by atoms with Crippen LogP contribution in [0.3, 0.4) is 0 Å². The number of hydrogen-bond acceptors (Lipinski definition) is 2. The van der Waals surface area contributed by atoms with E-state index in [0.29, 0.717) is 6.42 Å². The van der Waals surface area contributed by atoms with Gasteiger partial charge >= 0.3 is 5.97 Å². The van der Waals surface area contributed by atoms with E-state index in [1.807, 2.05) is 48.5 Å². The van der Waals surface area contributed by atoms with Gasteiger partial charge in [0.25, 0.3) is 0 Å². The number of carbonyl (C=O) groups is 1. The Morgan fingerprint density at radius 1 is 1.19 bits per heavy atom. The molecule has 1 aromatic heterocycles. The number of aliphatic carboxylic acids is 1. The summed E-state index contributed by atoms with van der Waals surface area (Å²) in [5, 5.41) is 8.66. The first-order valence-corrected chi connectivity index (χ1v) is 6.64. The molecule has 1 heterocycles.